The van der Waals surface area contributed by atoms with E-state index in [4.69, 9.17) is 16.3 Å². The van der Waals surface area contributed by atoms with E-state index in [1.165, 1.54) is 12.1 Å². The zero-order valence-electron chi connectivity index (χ0n) is 17.0. The summed E-state index contributed by atoms with van der Waals surface area (Å²) in [5, 5.41) is 4.24. The molecule has 5 nitrogen and oxygen atoms in total. The predicted octanol–water partition coefficient (Wildman–Crippen LogP) is 5.04. The second kappa shape index (κ2) is 9.66. The maximum absolute atomic E-state index is 13.1. The van der Waals surface area contributed by atoms with Gasteiger partial charge in [-0.05, 0) is 53.6 Å². The van der Waals surface area contributed by atoms with Crippen LogP contribution in [0.15, 0.2) is 79.0 Å². The number of aromatic nitrogens is 1. The number of rotatable bonds is 7. The van der Waals surface area contributed by atoms with Crippen LogP contribution >= 0.6 is 11.6 Å². The van der Waals surface area contributed by atoms with Crippen molar-refractivity contribution >= 4 is 34.4 Å². The minimum Gasteiger partial charge on any atom is -0.459 e. The molecule has 32 heavy (non-hydrogen) atoms. The van der Waals surface area contributed by atoms with E-state index in [1.807, 2.05) is 30.5 Å². The summed E-state index contributed by atoms with van der Waals surface area (Å²) >= 11 is 5.90. The number of aromatic amines is 1. The van der Waals surface area contributed by atoms with E-state index in [2.05, 4.69) is 10.3 Å². The summed E-state index contributed by atoms with van der Waals surface area (Å²) in [5.74, 6) is -1.36. The second-order valence-corrected chi connectivity index (χ2v) is 7.77. The number of carbonyl (C=O) groups excluding carboxylic acids is 2. The first-order valence-electron chi connectivity index (χ1n) is 10.0. The molecule has 1 amide bonds. The van der Waals surface area contributed by atoms with Crippen molar-refractivity contribution in [2.75, 3.05) is 0 Å². The maximum Gasteiger partial charge on any atom is 0.329 e. The Labute approximate surface area is 189 Å². The van der Waals surface area contributed by atoms with Gasteiger partial charge in [0.05, 0.1) is 0 Å². The minimum atomic E-state index is -0.919. The SMILES string of the molecule is O=C(NC(Cc1c[nH]c2ccccc12)C(=O)OCc1ccc(F)cc1)c1ccc(Cl)cc1. The van der Waals surface area contributed by atoms with Gasteiger partial charge in [-0.1, -0.05) is 41.9 Å². The lowest BCUT2D eigenvalue weighted by atomic mass is 10.0. The molecule has 2 N–H and O–H groups in total. The van der Waals surface area contributed by atoms with Crippen LogP contribution in [0.2, 0.25) is 5.02 Å². The van der Waals surface area contributed by atoms with Gasteiger partial charge in [0.25, 0.3) is 5.91 Å². The lowest BCUT2D eigenvalue weighted by molar-refractivity contribution is -0.147. The van der Waals surface area contributed by atoms with Crippen LogP contribution in [0.5, 0.6) is 0 Å². The molecule has 0 aliphatic carbocycles. The van der Waals surface area contributed by atoms with Gasteiger partial charge < -0.3 is 15.0 Å². The molecule has 1 aromatic heterocycles. The average Bonchev–Trinajstić information content (AvgIpc) is 3.21. The van der Waals surface area contributed by atoms with Gasteiger partial charge in [0.2, 0.25) is 0 Å². The molecule has 7 heteroatoms. The number of hydrogen-bond acceptors (Lipinski definition) is 3. The molecular weight excluding hydrogens is 431 g/mol. The molecule has 3 aromatic carbocycles. The lowest BCUT2D eigenvalue weighted by Gasteiger charge is -2.18. The van der Waals surface area contributed by atoms with Crippen molar-refractivity contribution in [1.82, 2.24) is 10.3 Å². The molecule has 1 heterocycles. The van der Waals surface area contributed by atoms with Crippen LogP contribution < -0.4 is 5.32 Å². The van der Waals surface area contributed by atoms with E-state index in [1.54, 1.807) is 36.4 Å². The predicted molar refractivity (Wildman–Crippen MR) is 121 cm³/mol. The van der Waals surface area contributed by atoms with Crippen LogP contribution in [-0.4, -0.2) is 22.9 Å². The van der Waals surface area contributed by atoms with Crippen LogP contribution in [0.4, 0.5) is 4.39 Å². The van der Waals surface area contributed by atoms with Crippen LogP contribution in [0, 0.1) is 5.82 Å². The van der Waals surface area contributed by atoms with Gasteiger partial charge >= 0.3 is 5.97 Å². The summed E-state index contributed by atoms with van der Waals surface area (Å²) < 4.78 is 18.6. The molecule has 0 aliphatic heterocycles. The Bertz CT molecular complexity index is 1240. The van der Waals surface area contributed by atoms with E-state index in [0.29, 0.717) is 16.1 Å². The smallest absolute Gasteiger partial charge is 0.329 e. The van der Waals surface area contributed by atoms with Gasteiger partial charge in [0, 0.05) is 34.1 Å². The van der Waals surface area contributed by atoms with E-state index in [0.717, 1.165) is 16.5 Å². The third-order valence-corrected chi connectivity index (χ3v) is 5.34. The van der Waals surface area contributed by atoms with Gasteiger partial charge in [-0.3, -0.25) is 4.79 Å². The largest absolute Gasteiger partial charge is 0.459 e. The minimum absolute atomic E-state index is 0.0275. The van der Waals surface area contributed by atoms with Gasteiger partial charge in [-0.25, -0.2) is 9.18 Å². The highest BCUT2D eigenvalue weighted by atomic mass is 35.5. The summed E-state index contributed by atoms with van der Waals surface area (Å²) in [5.41, 5.74) is 2.84. The summed E-state index contributed by atoms with van der Waals surface area (Å²) in [6.45, 7) is -0.0275. The maximum atomic E-state index is 13.1. The highest BCUT2D eigenvalue weighted by molar-refractivity contribution is 6.30. The number of ether oxygens (including phenoxy) is 1. The second-order valence-electron chi connectivity index (χ2n) is 7.33. The number of esters is 1. The quantitative estimate of drug-likeness (QED) is 0.387. The number of fused-ring (bicyclic) bond motifs is 1. The number of benzene rings is 3. The van der Waals surface area contributed by atoms with E-state index in [-0.39, 0.29) is 18.8 Å². The Morgan fingerprint density at radius 1 is 1.00 bits per heavy atom. The van der Waals surface area contributed by atoms with Crippen molar-refractivity contribution in [2.45, 2.75) is 19.1 Å². The molecule has 0 bridgehead atoms. The topological polar surface area (TPSA) is 71.2 Å². The Hall–Kier alpha value is -3.64. The van der Waals surface area contributed by atoms with Crippen molar-refractivity contribution in [3.63, 3.8) is 0 Å². The molecule has 0 fully saturated rings. The van der Waals surface area contributed by atoms with E-state index < -0.39 is 17.9 Å². The number of para-hydroxylation sites is 1. The lowest BCUT2D eigenvalue weighted by Crippen LogP contribution is -2.43. The Morgan fingerprint density at radius 3 is 2.47 bits per heavy atom. The van der Waals surface area contributed by atoms with Crippen LogP contribution in [-0.2, 0) is 22.6 Å². The van der Waals surface area contributed by atoms with Crippen molar-refractivity contribution < 1.29 is 18.7 Å². The van der Waals surface area contributed by atoms with Crippen LogP contribution in [0.1, 0.15) is 21.5 Å². The summed E-state index contributed by atoms with van der Waals surface area (Å²) in [7, 11) is 0. The first-order chi connectivity index (χ1) is 15.5. The summed E-state index contributed by atoms with van der Waals surface area (Å²) in [4.78, 5) is 28.9. The van der Waals surface area contributed by atoms with Gasteiger partial charge in [0.15, 0.2) is 0 Å². The normalized spacial score (nSPS) is 11.8. The van der Waals surface area contributed by atoms with Gasteiger partial charge in [0.1, 0.15) is 18.5 Å². The van der Waals surface area contributed by atoms with Crippen molar-refractivity contribution in [3.8, 4) is 0 Å². The monoisotopic (exact) mass is 450 g/mol. The Morgan fingerprint density at radius 2 is 1.72 bits per heavy atom. The highest BCUT2D eigenvalue weighted by Crippen LogP contribution is 2.20. The fourth-order valence-electron chi connectivity index (χ4n) is 3.39. The summed E-state index contributed by atoms with van der Waals surface area (Å²) in [6, 6.07) is 18.9. The standard InChI is InChI=1S/C25H20ClFN2O3/c26-19-9-7-17(8-10-19)24(30)29-23(13-18-14-28-22-4-2-1-3-21(18)22)25(31)32-15-16-5-11-20(27)12-6-16/h1-12,14,23,28H,13,15H2,(H,29,30). The molecule has 0 saturated carbocycles. The molecular formula is C25H20ClFN2O3. The molecule has 4 aromatic rings. The van der Waals surface area contributed by atoms with Crippen molar-refractivity contribution in [3.05, 3.63) is 107 Å². The Kier molecular flexibility index (Phi) is 6.52. The molecule has 1 atom stereocenters. The van der Waals surface area contributed by atoms with Gasteiger partial charge in [-0.2, -0.15) is 0 Å². The molecule has 4 rings (SSSR count). The number of halogens is 2. The zero-order valence-corrected chi connectivity index (χ0v) is 17.7. The molecule has 0 saturated heterocycles. The molecule has 162 valence electrons. The number of nitrogens with one attached hydrogen (secondary N) is 2. The van der Waals surface area contributed by atoms with E-state index >= 15 is 0 Å². The van der Waals surface area contributed by atoms with E-state index in [9.17, 15) is 14.0 Å². The summed E-state index contributed by atoms with van der Waals surface area (Å²) in [6.07, 6.45) is 2.06. The van der Waals surface area contributed by atoms with Crippen molar-refractivity contribution in [1.29, 1.82) is 0 Å². The Balaban J connectivity index is 1.53. The van der Waals surface area contributed by atoms with Crippen LogP contribution in [0.25, 0.3) is 10.9 Å². The molecule has 1 unspecified atom stereocenters. The third-order valence-electron chi connectivity index (χ3n) is 5.09. The molecule has 0 spiro atoms. The number of hydrogen-bond donors (Lipinski definition) is 2. The first-order valence-corrected chi connectivity index (χ1v) is 10.4. The fraction of sp³-hybridized carbons (Fsp3) is 0.120. The number of carbonyl (C=O) groups is 2. The molecule has 0 radical (unpaired) electrons. The third kappa shape index (κ3) is 5.15. The molecule has 0 aliphatic rings. The first kappa shape index (κ1) is 21.6. The zero-order chi connectivity index (χ0) is 22.5. The number of amides is 1. The van der Waals surface area contributed by atoms with Crippen LogP contribution in [0.3, 0.4) is 0 Å². The fourth-order valence-corrected chi connectivity index (χ4v) is 3.52. The average molecular weight is 451 g/mol. The highest BCUT2D eigenvalue weighted by Gasteiger charge is 2.25. The van der Waals surface area contributed by atoms with Gasteiger partial charge in [-0.15, -0.1) is 0 Å². The van der Waals surface area contributed by atoms with Crippen molar-refractivity contribution in [2.24, 2.45) is 0 Å². The number of H-pyrrole nitrogens is 1.